The molecule has 0 aliphatic rings. The van der Waals surface area contributed by atoms with Gasteiger partial charge >= 0.3 is 5.97 Å². The van der Waals surface area contributed by atoms with Crippen LogP contribution in [0.3, 0.4) is 0 Å². The van der Waals surface area contributed by atoms with Crippen molar-refractivity contribution in [2.45, 2.75) is 91.7 Å². The van der Waals surface area contributed by atoms with Gasteiger partial charge in [0.15, 0.2) is 0 Å². The number of esters is 1. The smallest absolute Gasteiger partial charge is 0.347 e. The lowest BCUT2D eigenvalue weighted by Gasteiger charge is -2.43. The van der Waals surface area contributed by atoms with E-state index >= 15 is 0 Å². The Hall–Kier alpha value is -2.58. The van der Waals surface area contributed by atoms with Gasteiger partial charge in [-0.2, -0.15) is 0 Å². The molecule has 0 atom stereocenters. The van der Waals surface area contributed by atoms with Crippen molar-refractivity contribution in [3.05, 3.63) is 66.2 Å². The van der Waals surface area contributed by atoms with Gasteiger partial charge in [-0.1, -0.05) is 97.9 Å². The zero-order valence-electron chi connectivity index (χ0n) is 26.1. The Morgan fingerprint density at radius 1 is 0.692 bits per heavy atom. The molecule has 0 saturated heterocycles. The number of carbonyl (C=O) groups is 1. The van der Waals surface area contributed by atoms with E-state index in [0.29, 0.717) is 34.6 Å². The molecule has 0 amide bonds. The highest BCUT2D eigenvalue weighted by molar-refractivity contribution is 6.75. The Morgan fingerprint density at radius 3 is 1.67 bits per heavy atom. The maximum absolute atomic E-state index is 13.8. The second kappa shape index (κ2) is 11.1. The van der Waals surface area contributed by atoms with Gasteiger partial charge in [-0.25, -0.2) is 4.79 Å². The molecule has 0 N–H and O–H groups in total. The van der Waals surface area contributed by atoms with Crippen LogP contribution in [0, 0.1) is 11.8 Å². The van der Waals surface area contributed by atoms with Gasteiger partial charge in [0, 0.05) is 10.8 Å². The second-order valence-corrected chi connectivity index (χ2v) is 22.5. The molecule has 4 nitrogen and oxygen atoms in total. The summed E-state index contributed by atoms with van der Waals surface area (Å²) >= 11 is 0. The van der Waals surface area contributed by atoms with Crippen molar-refractivity contribution in [3.8, 4) is 17.2 Å². The molecule has 0 aliphatic heterocycles. The van der Waals surface area contributed by atoms with Crippen molar-refractivity contribution < 1.29 is 18.4 Å². The summed E-state index contributed by atoms with van der Waals surface area (Å²) in [5, 5.41) is 1.79. The topological polar surface area (TPSA) is 44.8 Å². The van der Waals surface area contributed by atoms with E-state index in [-0.39, 0.29) is 10.1 Å². The molecule has 39 heavy (non-hydrogen) atoms. The first-order valence-corrected chi connectivity index (χ1v) is 19.9. The van der Waals surface area contributed by atoms with E-state index < -0.39 is 22.6 Å². The van der Waals surface area contributed by atoms with Crippen molar-refractivity contribution in [3.63, 3.8) is 0 Å². The fourth-order valence-corrected chi connectivity index (χ4v) is 9.25. The largest absolute Gasteiger partial charge is 0.543 e. The van der Waals surface area contributed by atoms with Crippen LogP contribution in [0.5, 0.6) is 17.2 Å². The summed E-state index contributed by atoms with van der Waals surface area (Å²) in [6, 6.07) is 19.2. The minimum absolute atomic E-state index is 0.00415. The Morgan fingerprint density at radius 2 is 1.15 bits per heavy atom. The molecule has 0 bridgehead atoms. The highest BCUT2D eigenvalue weighted by Crippen LogP contribution is 2.49. The van der Waals surface area contributed by atoms with E-state index in [0.717, 1.165) is 10.8 Å². The molecule has 3 aromatic rings. The lowest BCUT2D eigenvalue weighted by Crippen LogP contribution is -2.48. The van der Waals surface area contributed by atoms with Crippen LogP contribution in [0.15, 0.2) is 60.7 Å². The lowest BCUT2D eigenvalue weighted by molar-refractivity contribution is 0.0732. The third-order valence-corrected chi connectivity index (χ3v) is 18.6. The first-order chi connectivity index (χ1) is 17.9. The van der Waals surface area contributed by atoms with E-state index in [2.05, 4.69) is 87.6 Å². The summed E-state index contributed by atoms with van der Waals surface area (Å²) in [6.45, 7) is 27.1. The molecule has 6 heteroatoms. The van der Waals surface area contributed by atoms with E-state index in [9.17, 15) is 4.79 Å². The maximum Gasteiger partial charge on any atom is 0.347 e. The third-order valence-electron chi connectivity index (χ3n) is 9.84. The number of hydrogen-bond acceptors (Lipinski definition) is 4. The molecule has 212 valence electrons. The van der Waals surface area contributed by atoms with Crippen molar-refractivity contribution in [1.29, 1.82) is 0 Å². The number of hydrogen-bond donors (Lipinski definition) is 0. The fourth-order valence-electron chi connectivity index (χ4n) is 4.50. The Balaban J connectivity index is 2.26. The van der Waals surface area contributed by atoms with Gasteiger partial charge in [0.2, 0.25) is 0 Å². The number of fused-ring (bicyclic) bond motifs is 1. The molecule has 3 rings (SSSR count). The first kappa shape index (κ1) is 31.0. The van der Waals surface area contributed by atoms with Gasteiger partial charge < -0.3 is 13.6 Å². The highest BCUT2D eigenvalue weighted by atomic mass is 28.4. The summed E-state index contributed by atoms with van der Waals surface area (Å²) in [4.78, 5) is 13.8. The summed E-state index contributed by atoms with van der Waals surface area (Å²) in [5.41, 5.74) is 0.403. The van der Waals surface area contributed by atoms with Crippen molar-refractivity contribution in [2.75, 3.05) is 0 Å². The summed E-state index contributed by atoms with van der Waals surface area (Å²) in [7, 11) is -4.65. The maximum atomic E-state index is 13.8. The van der Waals surface area contributed by atoms with Gasteiger partial charge in [0.1, 0.15) is 22.8 Å². The zero-order valence-corrected chi connectivity index (χ0v) is 28.1. The highest BCUT2D eigenvalue weighted by Gasteiger charge is 2.47. The quantitative estimate of drug-likeness (QED) is 0.140. The molecule has 0 spiro atoms. The van der Waals surface area contributed by atoms with Gasteiger partial charge in [-0.05, 0) is 66.3 Å². The van der Waals surface area contributed by atoms with Crippen molar-refractivity contribution in [1.82, 2.24) is 0 Å². The number of benzene rings is 3. The molecule has 0 aliphatic carbocycles. The predicted molar refractivity (Wildman–Crippen MR) is 169 cm³/mol. The minimum atomic E-state index is -2.37. The fraction of sp³-hybridized carbons (Fsp3) is 0.485. The average molecular weight is 565 g/mol. The average Bonchev–Trinajstić information content (AvgIpc) is 2.85. The second-order valence-electron chi connectivity index (χ2n) is 13.5. The molecule has 0 unspecified atom stereocenters. The summed E-state index contributed by atoms with van der Waals surface area (Å²) < 4.78 is 19.9. The molecule has 0 heterocycles. The first-order valence-electron chi connectivity index (χ1n) is 14.1. The third kappa shape index (κ3) is 6.12. The number of para-hydroxylation sites is 1. The number of carbonyl (C=O) groups excluding carboxylic acids is 1. The van der Waals surface area contributed by atoms with Crippen LogP contribution >= 0.6 is 0 Å². The van der Waals surface area contributed by atoms with Crippen LogP contribution in [-0.4, -0.2) is 22.6 Å². The zero-order chi connectivity index (χ0) is 29.4. The Labute approximate surface area is 238 Å². The SMILES string of the molecule is CC(C)C(C)(C)[Si](C)(C)Oc1cc(C(=O)Oc2ccccc2)c(O[Si](C)(C)C(C)(C)C(C)C)c2ccccc12. The van der Waals surface area contributed by atoms with Gasteiger partial charge in [0.25, 0.3) is 16.6 Å². The van der Waals surface area contributed by atoms with E-state index in [4.69, 9.17) is 13.6 Å². The van der Waals surface area contributed by atoms with Gasteiger partial charge in [-0.3, -0.25) is 0 Å². The Bertz CT molecular complexity index is 1310. The molecule has 0 radical (unpaired) electrons. The lowest BCUT2D eigenvalue weighted by atomic mass is 9.99. The molecule has 0 saturated carbocycles. The van der Waals surface area contributed by atoms with Crippen LogP contribution < -0.4 is 13.6 Å². The van der Waals surface area contributed by atoms with Crippen LogP contribution in [0.4, 0.5) is 0 Å². The standard InChI is InChI=1S/C33H48O4Si2/c1-23(2)32(5,6)38(9,10)36-29-22-28(31(34)35-25-18-14-13-15-19-25)30(27-21-17-16-20-26(27)29)37-39(11,12)33(7,8)24(3)4/h13-24H,1-12H3. The molecular formula is C33H48O4Si2. The minimum Gasteiger partial charge on any atom is -0.543 e. The predicted octanol–water partition coefficient (Wildman–Crippen LogP) is 10.1. The van der Waals surface area contributed by atoms with Gasteiger partial charge in [-0.15, -0.1) is 0 Å². The molecular weight excluding hydrogens is 517 g/mol. The summed E-state index contributed by atoms with van der Waals surface area (Å²) in [5.74, 6) is 2.22. The number of ether oxygens (including phenoxy) is 1. The van der Waals surface area contributed by atoms with Crippen LogP contribution in [0.2, 0.25) is 36.3 Å². The van der Waals surface area contributed by atoms with Crippen LogP contribution in [0.1, 0.15) is 65.7 Å². The molecule has 3 aromatic carbocycles. The normalized spacial score (nSPS) is 13.2. The molecule has 0 aromatic heterocycles. The van der Waals surface area contributed by atoms with Crippen molar-refractivity contribution >= 4 is 33.4 Å². The van der Waals surface area contributed by atoms with E-state index in [1.807, 2.05) is 42.5 Å². The molecule has 0 fully saturated rings. The monoisotopic (exact) mass is 564 g/mol. The van der Waals surface area contributed by atoms with Gasteiger partial charge in [0.05, 0.1) is 0 Å². The van der Waals surface area contributed by atoms with E-state index in [1.165, 1.54) is 0 Å². The van der Waals surface area contributed by atoms with Crippen LogP contribution in [-0.2, 0) is 0 Å². The van der Waals surface area contributed by atoms with E-state index in [1.54, 1.807) is 12.1 Å². The van der Waals surface area contributed by atoms with Crippen molar-refractivity contribution in [2.24, 2.45) is 11.8 Å². The number of rotatable bonds is 10. The summed E-state index contributed by atoms with van der Waals surface area (Å²) in [6.07, 6.45) is 0. The van der Waals surface area contributed by atoms with Crippen LogP contribution in [0.25, 0.3) is 10.8 Å². The Kier molecular flexibility index (Phi) is 8.83.